The summed E-state index contributed by atoms with van der Waals surface area (Å²) in [5, 5.41) is 0. The van der Waals surface area contributed by atoms with Gasteiger partial charge < -0.3 is 14.2 Å². The van der Waals surface area contributed by atoms with E-state index in [1.807, 2.05) is 26.8 Å². The molecule has 0 aromatic heterocycles. The maximum atomic E-state index is 12.6. The highest BCUT2D eigenvalue weighted by Gasteiger charge is 2.46. The minimum Gasteiger partial charge on any atom is -0.458 e. The summed E-state index contributed by atoms with van der Waals surface area (Å²) >= 11 is 0. The molecule has 6 heteroatoms. The standard InChI is InChI=1S/C21H26O6/c1-5-13(6-2)20(23)27-16-8-11(3)7-15-9-14(21(24)25-15)10-17-18(16)12(4)19(22)26-17/h8-9,13,15-18H,4-7,10H2,1-3H3/b11-8+/t15-,16?,17?,18+/m1/s1. The van der Waals surface area contributed by atoms with Crippen LogP contribution >= 0.6 is 0 Å². The van der Waals surface area contributed by atoms with Gasteiger partial charge in [0, 0.05) is 24.0 Å². The number of hydrogen-bond acceptors (Lipinski definition) is 6. The largest absolute Gasteiger partial charge is 0.458 e. The summed E-state index contributed by atoms with van der Waals surface area (Å²) in [4.78, 5) is 36.9. The van der Waals surface area contributed by atoms with Gasteiger partial charge >= 0.3 is 17.9 Å². The lowest BCUT2D eigenvalue weighted by molar-refractivity contribution is -0.155. The van der Waals surface area contributed by atoms with Gasteiger partial charge in [-0.15, -0.1) is 0 Å². The molecule has 0 N–H and O–H groups in total. The Kier molecular flexibility index (Phi) is 5.53. The van der Waals surface area contributed by atoms with Crippen LogP contribution in [0.1, 0.15) is 46.5 Å². The van der Waals surface area contributed by atoms with Crippen LogP contribution in [0.3, 0.4) is 0 Å². The first-order valence-corrected chi connectivity index (χ1v) is 9.53. The third kappa shape index (κ3) is 3.84. The Balaban J connectivity index is 1.95. The molecule has 0 radical (unpaired) electrons. The third-order valence-electron chi connectivity index (χ3n) is 5.55. The fourth-order valence-electron chi connectivity index (χ4n) is 3.96. The summed E-state index contributed by atoms with van der Waals surface area (Å²) in [6.45, 7) is 9.65. The van der Waals surface area contributed by atoms with Crippen molar-refractivity contribution in [3.8, 4) is 0 Å². The molecule has 2 bridgehead atoms. The molecule has 0 amide bonds. The molecular formula is C21H26O6. The number of rotatable bonds is 4. The van der Waals surface area contributed by atoms with Gasteiger partial charge in [-0.25, -0.2) is 9.59 Å². The molecule has 1 aliphatic carbocycles. The third-order valence-corrected chi connectivity index (χ3v) is 5.55. The monoisotopic (exact) mass is 374 g/mol. The van der Waals surface area contributed by atoms with Crippen molar-refractivity contribution in [3.63, 3.8) is 0 Å². The van der Waals surface area contributed by atoms with E-state index >= 15 is 0 Å². The Bertz CT molecular complexity index is 727. The SMILES string of the molecule is C=C1C(=O)OC2CC3=C[C@@H](C/C(C)=C/C(OC(=O)C(CC)CC)[C@H]12)OC3=O. The Hall–Kier alpha value is -2.37. The van der Waals surface area contributed by atoms with Crippen LogP contribution in [0.2, 0.25) is 0 Å². The number of esters is 3. The zero-order chi connectivity index (χ0) is 19.7. The van der Waals surface area contributed by atoms with E-state index < -0.39 is 24.1 Å². The highest BCUT2D eigenvalue weighted by atomic mass is 16.6. The molecule has 1 saturated heterocycles. The van der Waals surface area contributed by atoms with E-state index in [4.69, 9.17) is 14.2 Å². The minimum atomic E-state index is -0.657. The van der Waals surface area contributed by atoms with E-state index in [2.05, 4.69) is 6.58 Å². The minimum absolute atomic E-state index is 0.192. The van der Waals surface area contributed by atoms with Gasteiger partial charge in [0.1, 0.15) is 18.3 Å². The van der Waals surface area contributed by atoms with Gasteiger partial charge in [0.2, 0.25) is 0 Å². The van der Waals surface area contributed by atoms with Crippen LogP contribution in [0, 0.1) is 11.8 Å². The van der Waals surface area contributed by atoms with Crippen LogP contribution in [0.25, 0.3) is 0 Å². The fraction of sp³-hybridized carbons (Fsp3) is 0.571. The van der Waals surface area contributed by atoms with Crippen molar-refractivity contribution in [2.45, 2.75) is 64.8 Å². The Morgan fingerprint density at radius 1 is 1.19 bits per heavy atom. The van der Waals surface area contributed by atoms with Crippen molar-refractivity contribution >= 4 is 17.9 Å². The quantitative estimate of drug-likeness (QED) is 0.326. The van der Waals surface area contributed by atoms with Crippen molar-refractivity contribution in [3.05, 3.63) is 35.5 Å². The van der Waals surface area contributed by atoms with E-state index in [1.165, 1.54) is 0 Å². The van der Waals surface area contributed by atoms with Gasteiger partial charge in [0.25, 0.3) is 0 Å². The summed E-state index contributed by atoms with van der Waals surface area (Å²) in [6.07, 6.45) is 4.16. The smallest absolute Gasteiger partial charge is 0.334 e. The van der Waals surface area contributed by atoms with Crippen molar-refractivity contribution in [1.29, 1.82) is 0 Å². The Labute approximate surface area is 159 Å². The zero-order valence-corrected chi connectivity index (χ0v) is 16.0. The lowest BCUT2D eigenvalue weighted by Gasteiger charge is -2.27. The topological polar surface area (TPSA) is 78.9 Å². The molecular weight excluding hydrogens is 348 g/mol. The Morgan fingerprint density at radius 2 is 1.89 bits per heavy atom. The van der Waals surface area contributed by atoms with Crippen molar-refractivity contribution in [2.75, 3.05) is 0 Å². The van der Waals surface area contributed by atoms with Gasteiger partial charge in [0.05, 0.1) is 11.8 Å². The second kappa shape index (κ2) is 7.71. The number of fused-ring (bicyclic) bond motifs is 2. The van der Waals surface area contributed by atoms with Gasteiger partial charge in [-0.1, -0.05) is 26.0 Å². The second-order valence-corrected chi connectivity index (χ2v) is 7.47. The maximum Gasteiger partial charge on any atom is 0.334 e. The Morgan fingerprint density at radius 3 is 2.56 bits per heavy atom. The molecule has 0 spiro atoms. The average Bonchev–Trinajstić information content (AvgIpc) is 3.07. The summed E-state index contributed by atoms with van der Waals surface area (Å²) in [7, 11) is 0. The van der Waals surface area contributed by atoms with E-state index in [0.717, 1.165) is 5.57 Å². The zero-order valence-electron chi connectivity index (χ0n) is 16.0. The molecule has 3 aliphatic rings. The van der Waals surface area contributed by atoms with Crippen molar-refractivity contribution in [1.82, 2.24) is 0 Å². The summed E-state index contributed by atoms with van der Waals surface area (Å²) in [6, 6.07) is 0. The fourth-order valence-corrected chi connectivity index (χ4v) is 3.96. The maximum absolute atomic E-state index is 12.6. The van der Waals surface area contributed by atoms with Crippen LogP contribution in [0.4, 0.5) is 0 Å². The van der Waals surface area contributed by atoms with Gasteiger partial charge in [-0.3, -0.25) is 4.79 Å². The lowest BCUT2D eigenvalue weighted by Crippen LogP contribution is -2.34. The predicted octanol–water partition coefficient (Wildman–Crippen LogP) is 3.02. The first-order chi connectivity index (χ1) is 12.8. The molecule has 2 heterocycles. The highest BCUT2D eigenvalue weighted by Crippen LogP contribution is 2.38. The van der Waals surface area contributed by atoms with Crippen LogP contribution in [0.5, 0.6) is 0 Å². The molecule has 2 unspecified atom stereocenters. The molecule has 4 atom stereocenters. The van der Waals surface area contributed by atoms with E-state index in [9.17, 15) is 14.4 Å². The van der Waals surface area contributed by atoms with E-state index in [0.29, 0.717) is 24.8 Å². The van der Waals surface area contributed by atoms with Gasteiger partial charge in [0.15, 0.2) is 0 Å². The first kappa shape index (κ1) is 19.4. The predicted molar refractivity (Wildman–Crippen MR) is 97.4 cm³/mol. The normalized spacial score (nSPS) is 32.2. The number of ether oxygens (including phenoxy) is 3. The number of carbonyl (C=O) groups excluding carboxylic acids is 3. The number of hydrogen-bond donors (Lipinski definition) is 0. The molecule has 0 aromatic rings. The van der Waals surface area contributed by atoms with Crippen molar-refractivity contribution in [2.24, 2.45) is 11.8 Å². The van der Waals surface area contributed by atoms with Crippen LogP contribution in [-0.2, 0) is 28.6 Å². The lowest BCUT2D eigenvalue weighted by atomic mass is 9.85. The second-order valence-electron chi connectivity index (χ2n) is 7.47. The first-order valence-electron chi connectivity index (χ1n) is 9.53. The molecule has 0 saturated carbocycles. The molecule has 146 valence electrons. The molecule has 1 fully saturated rings. The van der Waals surface area contributed by atoms with Crippen molar-refractivity contribution < 1.29 is 28.6 Å². The molecule has 2 aliphatic heterocycles. The summed E-state index contributed by atoms with van der Waals surface area (Å²) < 4.78 is 16.7. The van der Waals surface area contributed by atoms with Gasteiger partial charge in [-0.2, -0.15) is 0 Å². The summed E-state index contributed by atoms with van der Waals surface area (Å²) in [5.74, 6) is -1.89. The summed E-state index contributed by atoms with van der Waals surface area (Å²) in [5.41, 5.74) is 1.69. The van der Waals surface area contributed by atoms with E-state index in [-0.39, 0.29) is 36.0 Å². The van der Waals surface area contributed by atoms with E-state index in [1.54, 1.807) is 6.08 Å². The number of carbonyl (C=O) groups is 3. The molecule has 3 rings (SSSR count). The molecule has 27 heavy (non-hydrogen) atoms. The highest BCUT2D eigenvalue weighted by molar-refractivity contribution is 5.93. The molecule has 0 aromatic carbocycles. The van der Waals surface area contributed by atoms with Crippen LogP contribution < -0.4 is 0 Å². The molecule has 6 nitrogen and oxygen atoms in total. The van der Waals surface area contributed by atoms with Crippen LogP contribution in [0.15, 0.2) is 35.5 Å². The van der Waals surface area contributed by atoms with Gasteiger partial charge in [-0.05, 0) is 31.9 Å². The van der Waals surface area contributed by atoms with Crippen LogP contribution in [-0.4, -0.2) is 36.2 Å². The average molecular weight is 374 g/mol.